The molecule has 0 aliphatic carbocycles. The third-order valence-electron chi connectivity index (χ3n) is 1.93. The normalized spacial score (nSPS) is 12.5. The molecule has 15 heavy (non-hydrogen) atoms. The Labute approximate surface area is 89.7 Å². The summed E-state index contributed by atoms with van der Waals surface area (Å²) in [6.07, 6.45) is -0.140. The lowest BCUT2D eigenvalue weighted by atomic mass is 10.0. The van der Waals surface area contributed by atoms with Crippen molar-refractivity contribution in [3.8, 4) is 5.75 Å². The van der Waals surface area contributed by atoms with E-state index in [1.165, 1.54) is 12.1 Å². The average molecular weight is 207 g/mol. The van der Waals surface area contributed by atoms with Gasteiger partial charge in [0, 0.05) is 0 Å². The number of esters is 1. The predicted octanol–water partition coefficient (Wildman–Crippen LogP) is 2.26. The van der Waals surface area contributed by atoms with Crippen molar-refractivity contribution in [3.63, 3.8) is 0 Å². The topological polar surface area (TPSA) is 46.5 Å². The van der Waals surface area contributed by atoms with Gasteiger partial charge in [-0.3, -0.25) is 4.79 Å². The largest absolute Gasteiger partial charge is 0.508 e. The maximum atomic E-state index is 11.5. The maximum absolute atomic E-state index is 11.5. The lowest BCUT2D eigenvalue weighted by Gasteiger charge is -2.13. The molecule has 0 unspecified atom stereocenters. The van der Waals surface area contributed by atoms with Crippen LogP contribution in [-0.4, -0.2) is 17.2 Å². The monoisotopic (exact) mass is 207 g/mol. The summed E-state index contributed by atoms with van der Waals surface area (Å²) >= 11 is 0. The van der Waals surface area contributed by atoms with Gasteiger partial charge in [0.05, 0.1) is 12.0 Å². The summed E-state index contributed by atoms with van der Waals surface area (Å²) in [6, 6.07) is 6.37. The van der Waals surface area contributed by atoms with Crippen LogP contribution < -0.4 is 0 Å². The van der Waals surface area contributed by atoms with Crippen molar-refractivity contribution in [1.29, 1.82) is 0 Å². The Morgan fingerprint density at radius 2 is 1.87 bits per heavy atom. The van der Waals surface area contributed by atoms with Crippen molar-refractivity contribution in [1.82, 2.24) is 0 Å². The molecule has 1 radical (unpaired) electrons. The Bertz CT molecular complexity index is 327. The van der Waals surface area contributed by atoms with Gasteiger partial charge in [-0.25, -0.2) is 0 Å². The quantitative estimate of drug-likeness (QED) is 0.773. The highest BCUT2D eigenvalue weighted by Crippen LogP contribution is 2.19. The van der Waals surface area contributed by atoms with E-state index in [2.05, 4.69) is 6.92 Å². The standard InChI is InChI=1S/C12H15O3/c1-8(2)15-12(14)9(3)10-4-6-11(13)7-5-10/h4-9,13H,3H2,1-2H3/t9-/m0/s1. The summed E-state index contributed by atoms with van der Waals surface area (Å²) in [7, 11) is 0. The van der Waals surface area contributed by atoms with Crippen LogP contribution in [-0.2, 0) is 9.53 Å². The molecule has 81 valence electrons. The molecular weight excluding hydrogens is 192 g/mol. The fourth-order valence-corrected chi connectivity index (χ4v) is 1.16. The van der Waals surface area contributed by atoms with Gasteiger partial charge in [0.25, 0.3) is 0 Å². The van der Waals surface area contributed by atoms with E-state index in [9.17, 15) is 4.79 Å². The molecule has 1 N–H and O–H groups in total. The van der Waals surface area contributed by atoms with E-state index in [4.69, 9.17) is 9.84 Å². The fourth-order valence-electron chi connectivity index (χ4n) is 1.16. The van der Waals surface area contributed by atoms with Crippen molar-refractivity contribution in [3.05, 3.63) is 36.8 Å². The number of ether oxygens (including phenoxy) is 1. The van der Waals surface area contributed by atoms with E-state index in [-0.39, 0.29) is 17.8 Å². The number of rotatable bonds is 3. The average Bonchev–Trinajstić information content (AvgIpc) is 2.17. The van der Waals surface area contributed by atoms with Crippen LogP contribution in [0.3, 0.4) is 0 Å². The number of hydrogen-bond donors (Lipinski definition) is 1. The van der Waals surface area contributed by atoms with E-state index >= 15 is 0 Å². The minimum atomic E-state index is -0.548. The molecule has 0 bridgehead atoms. The van der Waals surface area contributed by atoms with Crippen LogP contribution in [0, 0.1) is 6.92 Å². The van der Waals surface area contributed by atoms with Crippen LogP contribution in [0.15, 0.2) is 24.3 Å². The summed E-state index contributed by atoms with van der Waals surface area (Å²) in [5.41, 5.74) is 0.735. The number of phenols is 1. The first-order valence-corrected chi connectivity index (χ1v) is 4.83. The van der Waals surface area contributed by atoms with Crippen LogP contribution >= 0.6 is 0 Å². The number of carbonyl (C=O) groups is 1. The second kappa shape index (κ2) is 4.82. The fraction of sp³-hybridized carbons (Fsp3) is 0.333. The minimum Gasteiger partial charge on any atom is -0.508 e. The molecule has 0 saturated carbocycles. The summed E-state index contributed by atoms with van der Waals surface area (Å²) < 4.78 is 5.03. The van der Waals surface area contributed by atoms with Gasteiger partial charge in [0.15, 0.2) is 0 Å². The van der Waals surface area contributed by atoms with Gasteiger partial charge in [0.2, 0.25) is 0 Å². The van der Waals surface area contributed by atoms with Crippen molar-refractivity contribution in [2.75, 3.05) is 0 Å². The van der Waals surface area contributed by atoms with Crippen molar-refractivity contribution in [2.24, 2.45) is 0 Å². The number of aromatic hydroxyl groups is 1. The molecule has 0 fully saturated rings. The molecule has 0 aliphatic heterocycles. The molecule has 0 aromatic heterocycles. The Kier molecular flexibility index (Phi) is 3.72. The molecule has 1 aromatic rings. The lowest BCUT2D eigenvalue weighted by Crippen LogP contribution is -2.17. The SMILES string of the molecule is [CH2][C@H](C(=O)OC(C)C)c1ccc(O)cc1. The highest BCUT2D eigenvalue weighted by atomic mass is 16.5. The highest BCUT2D eigenvalue weighted by Gasteiger charge is 2.17. The van der Waals surface area contributed by atoms with Crippen LogP contribution in [0.2, 0.25) is 0 Å². The smallest absolute Gasteiger partial charge is 0.313 e. The molecule has 3 heteroatoms. The number of benzene rings is 1. The van der Waals surface area contributed by atoms with E-state index in [1.807, 2.05) is 0 Å². The van der Waals surface area contributed by atoms with Gasteiger partial charge in [-0.1, -0.05) is 12.1 Å². The summed E-state index contributed by atoms with van der Waals surface area (Å²) in [4.78, 5) is 11.5. The van der Waals surface area contributed by atoms with E-state index in [1.54, 1.807) is 26.0 Å². The van der Waals surface area contributed by atoms with Crippen LogP contribution in [0.25, 0.3) is 0 Å². The van der Waals surface area contributed by atoms with Gasteiger partial charge in [-0.2, -0.15) is 0 Å². The van der Waals surface area contributed by atoms with Crippen LogP contribution in [0.1, 0.15) is 25.3 Å². The number of carbonyl (C=O) groups excluding carboxylic acids is 1. The molecule has 1 atom stereocenters. The first kappa shape index (κ1) is 11.6. The molecule has 0 amide bonds. The maximum Gasteiger partial charge on any atom is 0.313 e. The van der Waals surface area contributed by atoms with Gasteiger partial charge >= 0.3 is 5.97 Å². The summed E-state index contributed by atoms with van der Waals surface area (Å²) in [6.45, 7) is 7.32. The van der Waals surface area contributed by atoms with Crippen LogP contribution in [0.5, 0.6) is 5.75 Å². The van der Waals surface area contributed by atoms with E-state index in [0.29, 0.717) is 0 Å². The van der Waals surface area contributed by atoms with Gasteiger partial charge < -0.3 is 9.84 Å². The third-order valence-corrected chi connectivity index (χ3v) is 1.93. The molecule has 3 nitrogen and oxygen atoms in total. The summed E-state index contributed by atoms with van der Waals surface area (Å²) in [5.74, 6) is -0.730. The predicted molar refractivity (Wildman–Crippen MR) is 57.4 cm³/mol. The number of phenolic OH excluding ortho intramolecular Hbond substituents is 1. The Balaban J connectivity index is 2.71. The van der Waals surface area contributed by atoms with E-state index < -0.39 is 5.92 Å². The Morgan fingerprint density at radius 1 is 1.33 bits per heavy atom. The first-order chi connectivity index (χ1) is 7.00. The van der Waals surface area contributed by atoms with Crippen molar-refractivity contribution in [2.45, 2.75) is 25.9 Å². The third kappa shape index (κ3) is 3.27. The molecule has 0 aliphatic rings. The van der Waals surface area contributed by atoms with Crippen molar-refractivity contribution >= 4 is 5.97 Å². The van der Waals surface area contributed by atoms with Crippen LogP contribution in [0.4, 0.5) is 0 Å². The molecule has 0 saturated heterocycles. The highest BCUT2D eigenvalue weighted by molar-refractivity contribution is 5.79. The first-order valence-electron chi connectivity index (χ1n) is 4.83. The van der Waals surface area contributed by atoms with Gasteiger partial charge in [-0.05, 0) is 38.5 Å². The summed E-state index contributed by atoms with van der Waals surface area (Å²) in [5, 5.41) is 9.09. The van der Waals surface area contributed by atoms with Crippen molar-refractivity contribution < 1.29 is 14.6 Å². The second-order valence-corrected chi connectivity index (χ2v) is 3.63. The lowest BCUT2D eigenvalue weighted by molar-refractivity contribution is -0.148. The molecule has 1 rings (SSSR count). The minimum absolute atomic E-state index is 0.140. The molecule has 0 spiro atoms. The zero-order valence-electron chi connectivity index (χ0n) is 8.93. The molecular formula is C12H15O3. The van der Waals surface area contributed by atoms with E-state index in [0.717, 1.165) is 5.56 Å². The second-order valence-electron chi connectivity index (χ2n) is 3.63. The van der Waals surface area contributed by atoms with Gasteiger partial charge in [0.1, 0.15) is 5.75 Å². The Hall–Kier alpha value is -1.51. The molecule has 1 aromatic carbocycles. The molecule has 0 heterocycles. The zero-order valence-corrected chi connectivity index (χ0v) is 8.93. The Morgan fingerprint density at radius 3 is 2.33 bits per heavy atom. The zero-order chi connectivity index (χ0) is 11.4. The van der Waals surface area contributed by atoms with Gasteiger partial charge in [-0.15, -0.1) is 0 Å². The number of hydrogen-bond acceptors (Lipinski definition) is 3.